The quantitative estimate of drug-likeness (QED) is 0.0195. The first-order chi connectivity index (χ1) is 38.1. The fourth-order valence-corrected chi connectivity index (χ4v) is 8.06. The Morgan fingerprint density at radius 3 is 0.938 bits per heavy atom. The second-order valence-electron chi connectivity index (χ2n) is 19.6. The molecule has 0 aliphatic carbocycles. The lowest BCUT2D eigenvalue weighted by Crippen LogP contribution is -2.49. The van der Waals surface area contributed by atoms with Crippen LogP contribution in [0.15, 0.2) is 0 Å². The first-order valence-corrected chi connectivity index (χ1v) is 27.6. The molecule has 30 heteroatoms. The summed E-state index contributed by atoms with van der Waals surface area (Å²) in [5.41, 5.74) is 0. The minimum absolute atomic E-state index is 0.000915. The van der Waals surface area contributed by atoms with E-state index >= 15 is 0 Å². The largest absolute Gasteiger partial charge is 0.480 e. The van der Waals surface area contributed by atoms with Crippen molar-refractivity contribution in [2.45, 2.75) is 122 Å². The van der Waals surface area contributed by atoms with Crippen molar-refractivity contribution in [3.05, 3.63) is 0 Å². The molecule has 1 aliphatic rings. The van der Waals surface area contributed by atoms with E-state index in [0.29, 0.717) is 111 Å². The van der Waals surface area contributed by atoms with Crippen molar-refractivity contribution in [1.29, 1.82) is 0 Å². The van der Waals surface area contributed by atoms with E-state index in [1.807, 2.05) is 0 Å². The molecule has 1 aliphatic heterocycles. The average Bonchev–Trinajstić information content (AvgIpc) is 3.39. The highest BCUT2D eigenvalue weighted by Crippen LogP contribution is 2.07. The third-order valence-corrected chi connectivity index (χ3v) is 12.8. The van der Waals surface area contributed by atoms with E-state index in [-0.39, 0.29) is 180 Å². The summed E-state index contributed by atoms with van der Waals surface area (Å²) < 4.78 is 0. The number of hydrogen-bond acceptors (Lipinski definition) is 19. The molecular weight excluding hydrogens is 1060 g/mol. The van der Waals surface area contributed by atoms with Crippen molar-refractivity contribution in [3.63, 3.8) is 0 Å². The Morgan fingerprint density at radius 2 is 0.600 bits per heavy atom. The highest BCUT2D eigenvalue weighted by Gasteiger charge is 2.22. The third-order valence-electron chi connectivity index (χ3n) is 12.8. The molecule has 0 bridgehead atoms. The smallest absolute Gasteiger partial charge is 0.317 e. The molecule has 0 aromatic carbocycles. The number of hydrogen-bond donors (Lipinski definition) is 11. The van der Waals surface area contributed by atoms with Crippen molar-refractivity contribution in [2.75, 3.05) is 131 Å². The van der Waals surface area contributed by atoms with Gasteiger partial charge in [0.25, 0.3) is 0 Å². The summed E-state index contributed by atoms with van der Waals surface area (Å²) in [5.74, 6) is -6.71. The highest BCUT2D eigenvalue weighted by atomic mass is 16.5. The number of aliphatic carboxylic acids is 3. The van der Waals surface area contributed by atoms with Crippen LogP contribution in [0.5, 0.6) is 0 Å². The topological polar surface area (TPSA) is 403 Å². The van der Waals surface area contributed by atoms with Gasteiger partial charge >= 0.3 is 17.9 Å². The molecule has 0 radical (unpaired) electrons. The Bertz CT molecular complexity index is 1890. The molecule has 11 N–H and O–H groups in total. The number of rotatable bonds is 41. The lowest BCUT2D eigenvalue weighted by Gasteiger charge is -2.32. The molecule has 0 saturated carbocycles. The summed E-state index contributed by atoms with van der Waals surface area (Å²) in [6.07, 6.45) is 5.42. The molecule has 0 unspecified atom stereocenters. The van der Waals surface area contributed by atoms with Gasteiger partial charge in [-0.3, -0.25) is 93.2 Å². The summed E-state index contributed by atoms with van der Waals surface area (Å²) >= 11 is 0. The van der Waals surface area contributed by atoms with Crippen LogP contribution in [-0.4, -0.2) is 272 Å². The van der Waals surface area contributed by atoms with Gasteiger partial charge in [-0.05, 0) is 77.0 Å². The number of carbonyl (C=O) groups excluding carboxylic acids is 8. The lowest BCUT2D eigenvalue weighted by atomic mass is 10.2. The Hall–Kier alpha value is -6.15. The molecule has 30 nitrogen and oxygen atoms in total. The maximum atomic E-state index is 12.9. The first kappa shape index (κ1) is 71.9. The maximum Gasteiger partial charge on any atom is 0.317 e. The first-order valence-electron chi connectivity index (χ1n) is 27.6. The number of carbonyl (C=O) groups is 11. The number of hydroxylamine groups is 8. The molecule has 458 valence electrons. The van der Waals surface area contributed by atoms with E-state index in [1.54, 1.807) is 19.6 Å². The predicted molar refractivity (Wildman–Crippen MR) is 283 cm³/mol. The molecule has 80 heavy (non-hydrogen) atoms. The Labute approximate surface area is 467 Å². The van der Waals surface area contributed by atoms with Gasteiger partial charge in [-0.15, -0.1) is 0 Å². The van der Waals surface area contributed by atoms with Crippen LogP contribution in [0.1, 0.15) is 122 Å². The van der Waals surface area contributed by atoms with Gasteiger partial charge in [0.15, 0.2) is 0 Å². The van der Waals surface area contributed by atoms with Crippen LogP contribution in [0, 0.1) is 0 Å². The van der Waals surface area contributed by atoms with Gasteiger partial charge in [0.05, 0.1) is 26.2 Å². The third kappa shape index (κ3) is 38.5. The van der Waals surface area contributed by atoms with Gasteiger partial charge in [0.2, 0.25) is 47.3 Å². The zero-order chi connectivity index (χ0) is 59.7. The molecule has 1 rings (SSSR count). The predicted octanol–water partition coefficient (Wildman–Crippen LogP) is -1.16. The summed E-state index contributed by atoms with van der Waals surface area (Å²) in [6, 6.07) is 0. The second-order valence-corrected chi connectivity index (χ2v) is 19.6. The molecular formula is C50H90N12O18. The summed E-state index contributed by atoms with van der Waals surface area (Å²) in [5, 5.41) is 81.1. The van der Waals surface area contributed by atoms with Crippen LogP contribution in [0.4, 0.5) is 0 Å². The molecule has 8 amide bonds. The minimum Gasteiger partial charge on any atom is -0.480 e. The van der Waals surface area contributed by atoms with Crippen LogP contribution in [0.2, 0.25) is 0 Å². The van der Waals surface area contributed by atoms with Crippen molar-refractivity contribution in [1.82, 2.24) is 61.1 Å². The summed E-state index contributed by atoms with van der Waals surface area (Å²) in [4.78, 5) is 139. The highest BCUT2D eigenvalue weighted by molar-refractivity contribution is 5.84. The van der Waals surface area contributed by atoms with Crippen molar-refractivity contribution >= 4 is 65.2 Å². The second kappa shape index (κ2) is 43.6. The number of carboxylic acid groups (broad SMARTS) is 3. The van der Waals surface area contributed by atoms with E-state index in [2.05, 4.69) is 21.3 Å². The molecule has 0 aromatic rings. The molecule has 1 saturated heterocycles. The fraction of sp³-hybridized carbons (Fsp3) is 0.780. The number of carboxylic acids is 3. The number of amides is 8. The van der Waals surface area contributed by atoms with Crippen LogP contribution >= 0.6 is 0 Å². The Morgan fingerprint density at radius 1 is 0.325 bits per heavy atom. The van der Waals surface area contributed by atoms with Gasteiger partial charge in [-0.25, -0.2) is 20.3 Å². The average molecular weight is 1150 g/mol. The summed E-state index contributed by atoms with van der Waals surface area (Å²) in [6.45, 7) is 4.02. The van der Waals surface area contributed by atoms with Gasteiger partial charge in [0, 0.05) is 150 Å². The minimum atomic E-state index is -1.06. The number of unbranched alkanes of at least 4 members (excludes halogenated alkanes) is 7. The summed E-state index contributed by atoms with van der Waals surface area (Å²) in [7, 11) is 0. The van der Waals surface area contributed by atoms with Gasteiger partial charge in [-0.2, -0.15) is 0 Å². The van der Waals surface area contributed by atoms with E-state index in [0.717, 1.165) is 0 Å². The van der Waals surface area contributed by atoms with E-state index < -0.39 is 41.5 Å². The molecule has 1 heterocycles. The Kier molecular flexibility index (Phi) is 39.2. The number of nitrogens with zero attached hydrogens (tertiary/aromatic N) is 8. The lowest BCUT2D eigenvalue weighted by molar-refractivity contribution is -0.166. The normalized spacial score (nSPS) is 13.9. The zero-order valence-electron chi connectivity index (χ0n) is 46.6. The van der Waals surface area contributed by atoms with Crippen LogP contribution < -0.4 is 21.3 Å². The van der Waals surface area contributed by atoms with Gasteiger partial charge in [-0.1, -0.05) is 0 Å². The van der Waals surface area contributed by atoms with Crippen LogP contribution in [0.25, 0.3) is 0 Å². The van der Waals surface area contributed by atoms with Crippen molar-refractivity contribution in [2.24, 2.45) is 0 Å². The van der Waals surface area contributed by atoms with Crippen LogP contribution in [-0.2, 0) is 52.7 Å². The molecule has 0 atom stereocenters. The Balaban J connectivity index is 2.17. The number of nitrogens with one attached hydrogen (secondary N) is 4. The van der Waals surface area contributed by atoms with E-state index in [1.165, 1.54) is 6.92 Å². The van der Waals surface area contributed by atoms with Gasteiger partial charge in [0.1, 0.15) is 0 Å². The zero-order valence-corrected chi connectivity index (χ0v) is 46.6. The van der Waals surface area contributed by atoms with Crippen molar-refractivity contribution < 1.29 is 88.9 Å². The van der Waals surface area contributed by atoms with Gasteiger partial charge < -0.3 is 36.6 Å². The SMILES string of the molecule is CC(=O)N(O)CCCCCNC(=O)CCC(=O)N(O)CCCCCNC(=O)CCC(=O)N(O)CCCCCNC(=O)CCCC(=O)N(O)CCCCNC(=O)CN1CCN(CC(=O)O)CCN(CC(=O)O)CCN(CC(=O)O)CC1. The van der Waals surface area contributed by atoms with Crippen molar-refractivity contribution in [3.8, 4) is 0 Å². The molecule has 0 spiro atoms. The molecule has 1 fully saturated rings. The van der Waals surface area contributed by atoms with Crippen LogP contribution in [0.3, 0.4) is 0 Å². The van der Waals surface area contributed by atoms with E-state index in [4.69, 9.17) is 0 Å². The standard InChI is InChI=1S/C50H90N12O18/c1-40(63)59(77)24-9-2-5-21-52-42(65)16-18-47(70)62(80)26-11-4-7-22-53-43(66)17-19-46(69)61(79)25-10-3-6-20-51-41(64)14-13-15-45(68)60(78)27-12-8-23-54-44(67)36-55-28-30-56(37-48(71)72)32-34-58(39-50(75)76)35-33-57(31-29-55)38-49(73)74/h77-80H,2-39H2,1H3,(H,51,64)(H,52,65)(H,53,66)(H,54,67)(H,71,72)(H,73,74)(H,75,76). The fourth-order valence-electron chi connectivity index (χ4n) is 8.06. The molecule has 0 aromatic heterocycles. The van der Waals surface area contributed by atoms with E-state index in [9.17, 15) is 88.9 Å². The maximum absolute atomic E-state index is 12.9. The monoisotopic (exact) mass is 1150 g/mol.